The minimum Gasteiger partial charge on any atom is -0.192 e. The van der Waals surface area contributed by atoms with Gasteiger partial charge in [-0.3, -0.25) is 0 Å². The van der Waals surface area contributed by atoms with Crippen LogP contribution >= 0.6 is 24.0 Å². The lowest BCUT2D eigenvalue weighted by atomic mass is 10.0. The molecule has 0 heterocycles. The number of nitriles is 1. The Kier molecular flexibility index (Phi) is 4.37. The summed E-state index contributed by atoms with van der Waals surface area (Å²) in [6.45, 7) is 0. The molecule has 16 heavy (non-hydrogen) atoms. The maximum atomic E-state index is 8.96. The molecule has 0 aliphatic carbocycles. The summed E-state index contributed by atoms with van der Waals surface area (Å²) in [7, 11) is 0. The van der Waals surface area contributed by atoms with E-state index in [0.29, 0.717) is 10.6 Å². The maximum Gasteiger partial charge on any atom is 0.0998 e. The molecule has 0 aromatic heterocycles. The predicted octanol–water partition coefficient (Wildman–Crippen LogP) is 4.30. The first-order valence-electron chi connectivity index (χ1n) is 4.56. The summed E-state index contributed by atoms with van der Waals surface area (Å²) in [6.07, 6.45) is 0. The molecule has 0 unspecified atom stereocenters. The van der Waals surface area contributed by atoms with Crippen molar-refractivity contribution >= 4 is 24.0 Å². The summed E-state index contributed by atoms with van der Waals surface area (Å²) in [5.74, 6) is 0. The zero-order chi connectivity index (χ0) is 10.7. The Morgan fingerprint density at radius 3 is 2.19 bits per heavy atom. The standard InChI is InChI=1S/C13H8ClN.ClH/c14-12-7-5-10(6-8-12)13-4-2-1-3-11(13)9-15;/h1-8H;1H. The van der Waals surface area contributed by atoms with E-state index in [1.165, 1.54) is 0 Å². The van der Waals surface area contributed by atoms with Crippen LogP contribution in [0.2, 0.25) is 5.02 Å². The van der Waals surface area contributed by atoms with Gasteiger partial charge in [-0.05, 0) is 29.3 Å². The second kappa shape index (κ2) is 5.55. The zero-order valence-electron chi connectivity index (χ0n) is 8.35. The summed E-state index contributed by atoms with van der Waals surface area (Å²) < 4.78 is 0. The van der Waals surface area contributed by atoms with E-state index in [-0.39, 0.29) is 12.4 Å². The van der Waals surface area contributed by atoms with Gasteiger partial charge in [-0.2, -0.15) is 5.26 Å². The molecule has 0 amide bonds. The van der Waals surface area contributed by atoms with E-state index in [2.05, 4.69) is 6.07 Å². The van der Waals surface area contributed by atoms with Gasteiger partial charge in [0.2, 0.25) is 0 Å². The molecule has 80 valence electrons. The van der Waals surface area contributed by atoms with Crippen LogP contribution in [0, 0.1) is 11.3 Å². The fourth-order valence-corrected chi connectivity index (χ4v) is 1.59. The summed E-state index contributed by atoms with van der Waals surface area (Å²) >= 11 is 5.81. The van der Waals surface area contributed by atoms with Gasteiger partial charge < -0.3 is 0 Å². The van der Waals surface area contributed by atoms with E-state index in [0.717, 1.165) is 11.1 Å². The molecule has 2 aromatic rings. The van der Waals surface area contributed by atoms with Crippen molar-refractivity contribution in [3.8, 4) is 17.2 Å². The molecule has 0 radical (unpaired) electrons. The van der Waals surface area contributed by atoms with E-state index < -0.39 is 0 Å². The average molecular weight is 250 g/mol. The third kappa shape index (κ3) is 2.55. The zero-order valence-corrected chi connectivity index (χ0v) is 9.92. The first-order valence-corrected chi connectivity index (χ1v) is 4.94. The van der Waals surface area contributed by atoms with Crippen LogP contribution in [-0.2, 0) is 0 Å². The Hall–Kier alpha value is -1.49. The highest BCUT2D eigenvalue weighted by Gasteiger charge is 2.02. The van der Waals surface area contributed by atoms with Crippen molar-refractivity contribution in [3.05, 3.63) is 59.1 Å². The molecule has 0 saturated carbocycles. The van der Waals surface area contributed by atoms with Gasteiger partial charge in [0, 0.05) is 5.02 Å². The van der Waals surface area contributed by atoms with Gasteiger partial charge in [0.1, 0.15) is 0 Å². The van der Waals surface area contributed by atoms with Crippen molar-refractivity contribution in [2.45, 2.75) is 0 Å². The molecular formula is C13H9Cl2N. The van der Waals surface area contributed by atoms with Crippen molar-refractivity contribution in [2.24, 2.45) is 0 Å². The van der Waals surface area contributed by atoms with E-state index >= 15 is 0 Å². The van der Waals surface area contributed by atoms with Crippen molar-refractivity contribution in [2.75, 3.05) is 0 Å². The van der Waals surface area contributed by atoms with Crippen LogP contribution in [0.4, 0.5) is 0 Å². The number of hydrogen-bond acceptors (Lipinski definition) is 1. The molecule has 3 heteroatoms. The molecule has 0 saturated heterocycles. The molecule has 0 fully saturated rings. The van der Waals surface area contributed by atoms with Gasteiger partial charge in [-0.25, -0.2) is 0 Å². The van der Waals surface area contributed by atoms with Crippen molar-refractivity contribution in [3.63, 3.8) is 0 Å². The highest BCUT2D eigenvalue weighted by Crippen LogP contribution is 2.24. The summed E-state index contributed by atoms with van der Waals surface area (Å²) in [5, 5.41) is 9.66. The average Bonchev–Trinajstić information content (AvgIpc) is 2.30. The Morgan fingerprint density at radius 1 is 0.938 bits per heavy atom. The normalized spacial score (nSPS) is 9.00. The molecule has 0 spiro atoms. The number of benzene rings is 2. The SMILES string of the molecule is Cl.N#Cc1ccccc1-c1ccc(Cl)cc1. The van der Waals surface area contributed by atoms with Gasteiger partial charge in [0.25, 0.3) is 0 Å². The number of rotatable bonds is 1. The Bertz CT molecular complexity index is 512. The third-order valence-corrected chi connectivity index (χ3v) is 2.45. The van der Waals surface area contributed by atoms with E-state index in [1.807, 2.05) is 48.5 Å². The molecule has 0 aliphatic heterocycles. The first-order chi connectivity index (χ1) is 7.31. The van der Waals surface area contributed by atoms with Gasteiger partial charge >= 0.3 is 0 Å². The van der Waals surface area contributed by atoms with Crippen LogP contribution in [0.5, 0.6) is 0 Å². The highest BCUT2D eigenvalue weighted by molar-refractivity contribution is 6.30. The van der Waals surface area contributed by atoms with Crippen molar-refractivity contribution in [1.29, 1.82) is 5.26 Å². The lowest BCUT2D eigenvalue weighted by Gasteiger charge is -2.03. The minimum atomic E-state index is 0. The number of hydrogen-bond donors (Lipinski definition) is 0. The lowest BCUT2D eigenvalue weighted by Crippen LogP contribution is -1.82. The third-order valence-electron chi connectivity index (χ3n) is 2.20. The lowest BCUT2D eigenvalue weighted by molar-refractivity contribution is 1.48. The Balaban J connectivity index is 0.00000128. The van der Waals surface area contributed by atoms with E-state index in [9.17, 15) is 0 Å². The summed E-state index contributed by atoms with van der Waals surface area (Å²) in [6, 6.07) is 17.2. The van der Waals surface area contributed by atoms with Crippen LogP contribution in [0.25, 0.3) is 11.1 Å². The van der Waals surface area contributed by atoms with Crippen molar-refractivity contribution in [1.82, 2.24) is 0 Å². The molecule has 2 aromatic carbocycles. The Morgan fingerprint density at radius 2 is 1.56 bits per heavy atom. The van der Waals surface area contributed by atoms with Gasteiger partial charge in [0.05, 0.1) is 11.6 Å². The predicted molar refractivity (Wildman–Crippen MR) is 68.9 cm³/mol. The van der Waals surface area contributed by atoms with Crippen LogP contribution in [-0.4, -0.2) is 0 Å². The van der Waals surface area contributed by atoms with E-state index in [1.54, 1.807) is 0 Å². The van der Waals surface area contributed by atoms with Crippen LogP contribution < -0.4 is 0 Å². The number of nitrogens with zero attached hydrogens (tertiary/aromatic N) is 1. The Labute approximate surface area is 106 Å². The summed E-state index contributed by atoms with van der Waals surface area (Å²) in [4.78, 5) is 0. The molecule has 0 atom stereocenters. The van der Waals surface area contributed by atoms with Gasteiger partial charge in [-0.15, -0.1) is 12.4 Å². The molecular weight excluding hydrogens is 241 g/mol. The molecule has 1 nitrogen and oxygen atoms in total. The molecule has 0 bridgehead atoms. The molecule has 2 rings (SSSR count). The van der Waals surface area contributed by atoms with Crippen LogP contribution in [0.1, 0.15) is 5.56 Å². The molecule has 0 N–H and O–H groups in total. The van der Waals surface area contributed by atoms with Crippen LogP contribution in [0.15, 0.2) is 48.5 Å². The summed E-state index contributed by atoms with van der Waals surface area (Å²) in [5.41, 5.74) is 2.63. The van der Waals surface area contributed by atoms with Gasteiger partial charge in [-0.1, -0.05) is 41.9 Å². The molecule has 0 aliphatic rings. The quantitative estimate of drug-likeness (QED) is 0.740. The highest BCUT2D eigenvalue weighted by atomic mass is 35.5. The largest absolute Gasteiger partial charge is 0.192 e. The fourth-order valence-electron chi connectivity index (χ4n) is 1.46. The first kappa shape index (κ1) is 12.6. The second-order valence-electron chi connectivity index (χ2n) is 3.16. The topological polar surface area (TPSA) is 23.8 Å². The number of halogens is 2. The van der Waals surface area contributed by atoms with Crippen molar-refractivity contribution < 1.29 is 0 Å². The maximum absolute atomic E-state index is 8.96. The van der Waals surface area contributed by atoms with Gasteiger partial charge in [0.15, 0.2) is 0 Å². The second-order valence-corrected chi connectivity index (χ2v) is 3.60. The van der Waals surface area contributed by atoms with E-state index in [4.69, 9.17) is 16.9 Å². The smallest absolute Gasteiger partial charge is 0.0998 e. The monoisotopic (exact) mass is 249 g/mol. The van der Waals surface area contributed by atoms with Crippen LogP contribution in [0.3, 0.4) is 0 Å². The minimum absolute atomic E-state index is 0. The fraction of sp³-hybridized carbons (Fsp3) is 0.